The maximum atomic E-state index is 14.1. The average molecular weight is 408 g/mol. The summed E-state index contributed by atoms with van der Waals surface area (Å²) < 4.78 is 89.7. The summed E-state index contributed by atoms with van der Waals surface area (Å²) in [5, 5.41) is 21.9. The van der Waals surface area contributed by atoms with Gasteiger partial charge >= 0.3 is 22.7 Å². The van der Waals surface area contributed by atoms with E-state index in [0.717, 1.165) is 6.07 Å². The third-order valence-corrected chi connectivity index (χ3v) is 5.44. The number of hydrogen-bond donors (Lipinski definition) is 2. The van der Waals surface area contributed by atoms with Gasteiger partial charge in [0, 0.05) is 10.8 Å². The summed E-state index contributed by atoms with van der Waals surface area (Å²) in [6.45, 7) is 1.46. The minimum atomic E-state index is -5.93. The van der Waals surface area contributed by atoms with E-state index >= 15 is 0 Å². The molecule has 0 saturated heterocycles. The third kappa shape index (κ3) is 2.77. The number of fused-ring (bicyclic) bond motifs is 2. The van der Waals surface area contributed by atoms with Crippen LogP contribution in [0.1, 0.15) is 12.5 Å². The molecule has 0 atom stereocenters. The molecule has 13 heteroatoms. The molecule has 0 spiro atoms. The Balaban J connectivity index is 2.57. The van der Waals surface area contributed by atoms with E-state index in [2.05, 4.69) is 5.10 Å². The second kappa shape index (κ2) is 6.14. The van der Waals surface area contributed by atoms with E-state index in [-0.39, 0.29) is 32.2 Å². The van der Waals surface area contributed by atoms with Crippen molar-refractivity contribution in [2.75, 3.05) is 0 Å². The zero-order valence-corrected chi connectivity index (χ0v) is 14.2. The first-order chi connectivity index (χ1) is 12.4. The Labute approximate surface area is 149 Å². The van der Waals surface area contributed by atoms with Crippen LogP contribution >= 0.6 is 0 Å². The summed E-state index contributed by atoms with van der Waals surface area (Å²) in [5.41, 5.74) is -7.04. The monoisotopic (exact) mass is 408 g/mol. The molecule has 3 rings (SSSR count). The molecule has 0 fully saturated rings. The van der Waals surface area contributed by atoms with Crippen LogP contribution < -0.4 is 5.46 Å². The van der Waals surface area contributed by atoms with E-state index in [1.807, 2.05) is 0 Å². The van der Waals surface area contributed by atoms with Crippen molar-refractivity contribution in [2.45, 2.75) is 18.9 Å². The van der Waals surface area contributed by atoms with E-state index in [1.54, 1.807) is 0 Å². The molecule has 0 radical (unpaired) electrons. The first-order valence-corrected chi connectivity index (χ1v) is 8.85. The number of hydrogen-bond acceptors (Lipinski definition) is 5. The number of rotatable bonds is 3. The second-order valence-corrected chi connectivity index (χ2v) is 7.40. The molecule has 3 aromatic rings. The van der Waals surface area contributed by atoms with Crippen molar-refractivity contribution >= 4 is 44.3 Å². The van der Waals surface area contributed by atoms with E-state index < -0.39 is 45.3 Å². The molecule has 144 valence electrons. The molecular formula is C14H10BF5N2O4S. The van der Waals surface area contributed by atoms with Crippen molar-refractivity contribution in [2.24, 2.45) is 0 Å². The minimum Gasteiger partial charge on any atom is -0.423 e. The Kier molecular flexibility index (Phi) is 4.44. The summed E-state index contributed by atoms with van der Waals surface area (Å²) in [4.78, 5) is 0. The van der Waals surface area contributed by atoms with Crippen molar-refractivity contribution in [1.82, 2.24) is 9.19 Å². The molecule has 2 N–H and O–H groups in total. The van der Waals surface area contributed by atoms with Crippen LogP contribution in [-0.4, -0.2) is 40.3 Å². The van der Waals surface area contributed by atoms with Gasteiger partial charge in [0.15, 0.2) is 11.6 Å². The van der Waals surface area contributed by atoms with Gasteiger partial charge in [0.1, 0.15) is 0 Å². The van der Waals surface area contributed by atoms with Crippen LogP contribution in [0.3, 0.4) is 0 Å². The molecule has 0 amide bonds. The summed E-state index contributed by atoms with van der Waals surface area (Å²) in [7, 11) is -8.24. The maximum absolute atomic E-state index is 14.1. The highest BCUT2D eigenvalue weighted by atomic mass is 32.2. The fraction of sp³-hybridized carbons (Fsp3) is 0.214. The highest BCUT2D eigenvalue weighted by molar-refractivity contribution is 7.90. The molecule has 1 heterocycles. The molecule has 0 saturated carbocycles. The maximum Gasteiger partial charge on any atom is 0.518 e. The van der Waals surface area contributed by atoms with Gasteiger partial charge < -0.3 is 10.0 Å². The van der Waals surface area contributed by atoms with Gasteiger partial charge in [-0.05, 0) is 34.9 Å². The van der Waals surface area contributed by atoms with Gasteiger partial charge in [-0.3, -0.25) is 0 Å². The number of aromatic nitrogens is 2. The van der Waals surface area contributed by atoms with Crippen LogP contribution in [0.5, 0.6) is 0 Å². The fourth-order valence-electron chi connectivity index (χ4n) is 2.99. The Bertz CT molecular complexity index is 1170. The first-order valence-electron chi connectivity index (χ1n) is 7.41. The van der Waals surface area contributed by atoms with Crippen LogP contribution in [0.4, 0.5) is 22.0 Å². The largest absolute Gasteiger partial charge is 0.518 e. The van der Waals surface area contributed by atoms with Crippen LogP contribution in [0, 0.1) is 11.6 Å². The Morgan fingerprint density at radius 2 is 1.85 bits per heavy atom. The minimum absolute atomic E-state index is 0.0691. The van der Waals surface area contributed by atoms with E-state index in [0.29, 0.717) is 12.3 Å². The molecule has 6 nitrogen and oxygen atoms in total. The Hall–Kier alpha value is -2.25. The summed E-state index contributed by atoms with van der Waals surface area (Å²) >= 11 is 0. The average Bonchev–Trinajstić information content (AvgIpc) is 2.96. The highest BCUT2D eigenvalue weighted by Crippen LogP contribution is 2.31. The number of halogens is 5. The number of alkyl halides is 3. The van der Waals surface area contributed by atoms with Crippen LogP contribution in [0.2, 0.25) is 0 Å². The van der Waals surface area contributed by atoms with Gasteiger partial charge in [-0.1, -0.05) is 6.92 Å². The zero-order chi connectivity index (χ0) is 20.3. The van der Waals surface area contributed by atoms with Gasteiger partial charge in [-0.15, -0.1) is 4.09 Å². The van der Waals surface area contributed by atoms with Crippen molar-refractivity contribution in [3.8, 4) is 0 Å². The molecular weight excluding hydrogens is 398 g/mol. The summed E-state index contributed by atoms with van der Waals surface area (Å²) in [6.07, 6.45) is 0.619. The second-order valence-electron chi connectivity index (χ2n) is 5.64. The lowest BCUT2D eigenvalue weighted by Gasteiger charge is -2.14. The van der Waals surface area contributed by atoms with Gasteiger partial charge in [-0.25, -0.2) is 8.78 Å². The van der Waals surface area contributed by atoms with E-state index in [9.17, 15) is 40.4 Å². The topological polar surface area (TPSA) is 92.4 Å². The van der Waals surface area contributed by atoms with Crippen LogP contribution in [0.25, 0.3) is 21.7 Å². The predicted molar refractivity (Wildman–Crippen MR) is 86.7 cm³/mol. The molecule has 0 aliphatic rings. The highest BCUT2D eigenvalue weighted by Gasteiger charge is 2.49. The van der Waals surface area contributed by atoms with E-state index in [1.165, 1.54) is 6.92 Å². The SMILES string of the molecule is CCc1c(F)c(F)cc2cc3c(cnn3S(=O)(=O)C(F)(F)F)c(B(O)O)c12. The van der Waals surface area contributed by atoms with Crippen LogP contribution in [0.15, 0.2) is 18.3 Å². The lowest BCUT2D eigenvalue weighted by molar-refractivity contribution is -0.0448. The van der Waals surface area contributed by atoms with Gasteiger partial charge in [0.05, 0.1) is 11.7 Å². The normalized spacial score (nSPS) is 12.9. The molecule has 0 aliphatic carbocycles. The number of aryl methyl sites for hydroxylation is 1. The molecule has 0 bridgehead atoms. The summed E-state index contributed by atoms with van der Waals surface area (Å²) in [6, 6.07) is 1.50. The van der Waals surface area contributed by atoms with Crippen LogP contribution in [-0.2, 0) is 16.4 Å². The lowest BCUT2D eigenvalue weighted by atomic mass is 9.73. The quantitative estimate of drug-likeness (QED) is 0.505. The number of benzene rings is 2. The van der Waals surface area contributed by atoms with E-state index in [4.69, 9.17) is 0 Å². The molecule has 2 aromatic carbocycles. The standard InChI is InChI=1S/C14H10BF5N2O4S/c1-2-7-11-6(3-9(16)13(7)17)4-10-8(12(11)15(23)24)5-21-22(10)27(25,26)14(18,19)20/h3-5,23-24H,2H2,1H3. The zero-order valence-electron chi connectivity index (χ0n) is 13.4. The Morgan fingerprint density at radius 3 is 2.37 bits per heavy atom. The Morgan fingerprint density at radius 1 is 1.22 bits per heavy atom. The van der Waals surface area contributed by atoms with Gasteiger partial charge in [0.25, 0.3) is 0 Å². The first kappa shape index (κ1) is 19.5. The third-order valence-electron chi connectivity index (χ3n) is 4.10. The fourth-order valence-corrected chi connectivity index (χ4v) is 3.76. The van der Waals surface area contributed by atoms with Crippen molar-refractivity contribution in [3.05, 3.63) is 35.5 Å². The molecule has 0 unspecified atom stereocenters. The molecule has 27 heavy (non-hydrogen) atoms. The van der Waals surface area contributed by atoms with Gasteiger partial charge in [0.2, 0.25) is 0 Å². The van der Waals surface area contributed by atoms with Crippen molar-refractivity contribution in [1.29, 1.82) is 0 Å². The summed E-state index contributed by atoms with van der Waals surface area (Å²) in [5.74, 6) is -2.57. The molecule has 1 aromatic heterocycles. The van der Waals surface area contributed by atoms with Crippen molar-refractivity contribution < 1.29 is 40.4 Å². The van der Waals surface area contributed by atoms with Crippen molar-refractivity contribution in [3.63, 3.8) is 0 Å². The predicted octanol–water partition coefficient (Wildman–Crippen LogP) is 1.41. The molecule has 0 aliphatic heterocycles. The lowest BCUT2D eigenvalue weighted by Crippen LogP contribution is -2.33. The number of nitrogens with zero attached hydrogens (tertiary/aromatic N) is 2. The van der Waals surface area contributed by atoms with Gasteiger partial charge in [-0.2, -0.15) is 26.7 Å². The smallest absolute Gasteiger partial charge is 0.423 e.